The van der Waals surface area contributed by atoms with E-state index < -0.39 is 27.9 Å². The highest BCUT2D eigenvalue weighted by atomic mass is 32.2. The molecule has 9 heteroatoms. The number of hydrogen-bond donors (Lipinski definition) is 2. The van der Waals surface area contributed by atoms with E-state index in [1.807, 2.05) is 0 Å². The van der Waals surface area contributed by atoms with Gasteiger partial charge in [0.25, 0.3) is 5.91 Å². The molecule has 8 nitrogen and oxygen atoms in total. The molecule has 1 saturated heterocycles. The number of hydrogen-bond acceptors (Lipinski definition) is 5. The zero-order valence-electron chi connectivity index (χ0n) is 15.3. The predicted molar refractivity (Wildman–Crippen MR) is 97.2 cm³/mol. The number of likely N-dealkylation sites (tertiary alicyclic amines) is 1. The predicted octanol–water partition coefficient (Wildman–Crippen LogP) is 1.46. The summed E-state index contributed by atoms with van der Waals surface area (Å²) in [5, 5.41) is 9.61. The number of aliphatic carboxylic acids is 1. The van der Waals surface area contributed by atoms with Crippen molar-refractivity contribution in [1.29, 1.82) is 0 Å². The Morgan fingerprint density at radius 2 is 1.96 bits per heavy atom. The summed E-state index contributed by atoms with van der Waals surface area (Å²) in [5.41, 5.74) is 0.141. The summed E-state index contributed by atoms with van der Waals surface area (Å²) in [5.74, 6) is -1.17. The van der Waals surface area contributed by atoms with Gasteiger partial charge >= 0.3 is 5.97 Å². The first kappa shape index (κ1) is 19.6. The van der Waals surface area contributed by atoms with Gasteiger partial charge in [0.1, 0.15) is 16.7 Å². The minimum Gasteiger partial charge on any atom is -0.495 e. The molecule has 1 saturated carbocycles. The maximum absolute atomic E-state index is 13.2. The van der Waals surface area contributed by atoms with Gasteiger partial charge in [0, 0.05) is 11.6 Å². The zero-order valence-corrected chi connectivity index (χ0v) is 16.2. The van der Waals surface area contributed by atoms with Crippen molar-refractivity contribution in [2.75, 3.05) is 14.2 Å². The summed E-state index contributed by atoms with van der Waals surface area (Å²) in [6.07, 6.45) is 4.14. The normalized spacial score (nSPS) is 25.1. The fourth-order valence-corrected chi connectivity index (χ4v) is 5.17. The number of carbonyl (C=O) groups is 2. The average molecular weight is 396 g/mol. The average Bonchev–Trinajstić information content (AvgIpc) is 3.06. The summed E-state index contributed by atoms with van der Waals surface area (Å²) in [6, 6.07) is 3.16. The van der Waals surface area contributed by atoms with Crippen LogP contribution >= 0.6 is 0 Å². The highest BCUT2D eigenvalue weighted by Gasteiger charge is 2.47. The van der Waals surface area contributed by atoms with Gasteiger partial charge in [0.05, 0.1) is 7.11 Å². The fourth-order valence-electron chi connectivity index (χ4n) is 4.25. The standard InChI is InChI=1S/C18H24N2O6S/c1-19-27(24,25)16-10-12(7-8-15(16)26-2)17(21)20-13-6-4-3-5-11(13)9-14(20)18(22)23/h7-8,10-11,13-14,19H,3-6,9H2,1-2H3,(H,22,23)/t11-,13-,14-/m0/s1. The molecule has 2 fully saturated rings. The highest BCUT2D eigenvalue weighted by molar-refractivity contribution is 7.89. The summed E-state index contributed by atoms with van der Waals surface area (Å²) in [6.45, 7) is 0. The van der Waals surface area contributed by atoms with Crippen molar-refractivity contribution in [1.82, 2.24) is 9.62 Å². The number of nitrogens with one attached hydrogen (secondary N) is 1. The molecule has 2 N–H and O–H groups in total. The number of nitrogens with zero attached hydrogens (tertiary/aromatic N) is 1. The number of carboxylic acids is 1. The first-order valence-electron chi connectivity index (χ1n) is 8.97. The Balaban J connectivity index is 2.01. The van der Waals surface area contributed by atoms with Gasteiger partial charge < -0.3 is 14.7 Å². The Morgan fingerprint density at radius 1 is 1.26 bits per heavy atom. The number of benzene rings is 1. The molecule has 3 atom stereocenters. The molecule has 0 spiro atoms. The van der Waals surface area contributed by atoms with Crippen LogP contribution in [-0.2, 0) is 14.8 Å². The van der Waals surface area contributed by atoms with Crippen LogP contribution in [0.4, 0.5) is 0 Å². The second kappa shape index (κ2) is 7.47. The number of carboxylic acid groups (broad SMARTS) is 1. The number of rotatable bonds is 5. The molecule has 148 valence electrons. The van der Waals surface area contributed by atoms with E-state index in [4.69, 9.17) is 4.74 Å². The highest BCUT2D eigenvalue weighted by Crippen LogP contribution is 2.41. The van der Waals surface area contributed by atoms with E-state index in [1.165, 1.54) is 37.3 Å². The molecule has 2 aliphatic rings. The Morgan fingerprint density at radius 3 is 2.59 bits per heavy atom. The number of carbonyl (C=O) groups excluding carboxylic acids is 1. The number of fused-ring (bicyclic) bond motifs is 1. The number of ether oxygens (including phenoxy) is 1. The van der Waals surface area contributed by atoms with Gasteiger partial charge in [-0.1, -0.05) is 12.8 Å². The van der Waals surface area contributed by atoms with Crippen molar-refractivity contribution in [2.24, 2.45) is 5.92 Å². The molecule has 1 heterocycles. The number of amides is 1. The first-order valence-corrected chi connectivity index (χ1v) is 10.5. The minimum absolute atomic E-state index is 0.112. The molecule has 1 aliphatic carbocycles. The summed E-state index contributed by atoms with van der Waals surface area (Å²) < 4.78 is 31.8. The minimum atomic E-state index is -3.84. The van der Waals surface area contributed by atoms with Crippen molar-refractivity contribution in [2.45, 2.75) is 49.1 Å². The molecule has 1 aromatic rings. The van der Waals surface area contributed by atoms with Crippen molar-refractivity contribution in [3.05, 3.63) is 23.8 Å². The topological polar surface area (TPSA) is 113 Å². The maximum Gasteiger partial charge on any atom is 0.326 e. The van der Waals surface area contributed by atoms with Crippen LogP contribution in [0.25, 0.3) is 0 Å². The van der Waals surface area contributed by atoms with Gasteiger partial charge in [-0.25, -0.2) is 17.9 Å². The molecule has 0 radical (unpaired) electrons. The monoisotopic (exact) mass is 396 g/mol. The first-order chi connectivity index (χ1) is 12.8. The molecule has 3 rings (SSSR count). The molecule has 27 heavy (non-hydrogen) atoms. The van der Waals surface area contributed by atoms with E-state index in [9.17, 15) is 23.1 Å². The largest absolute Gasteiger partial charge is 0.495 e. The smallest absolute Gasteiger partial charge is 0.326 e. The molecule has 1 aliphatic heterocycles. The number of sulfonamides is 1. The Bertz CT molecular complexity index is 853. The summed E-state index contributed by atoms with van der Waals surface area (Å²) in [7, 11) is -1.21. The summed E-state index contributed by atoms with van der Waals surface area (Å²) >= 11 is 0. The van der Waals surface area contributed by atoms with Crippen LogP contribution in [0.15, 0.2) is 23.1 Å². The quantitative estimate of drug-likeness (QED) is 0.779. The van der Waals surface area contributed by atoms with Gasteiger partial charge in [-0.2, -0.15) is 0 Å². The Labute approximate surface area is 158 Å². The van der Waals surface area contributed by atoms with Crippen molar-refractivity contribution in [3.8, 4) is 5.75 Å². The van der Waals surface area contributed by atoms with Crippen LogP contribution in [0.3, 0.4) is 0 Å². The third kappa shape index (κ3) is 3.53. The molecule has 1 aromatic carbocycles. The molecule has 1 amide bonds. The fraction of sp³-hybridized carbons (Fsp3) is 0.556. The lowest BCUT2D eigenvalue weighted by Crippen LogP contribution is -2.46. The van der Waals surface area contributed by atoms with E-state index >= 15 is 0 Å². The van der Waals surface area contributed by atoms with Gasteiger partial charge in [-0.3, -0.25) is 4.79 Å². The van der Waals surface area contributed by atoms with Crippen LogP contribution in [0, 0.1) is 5.92 Å². The maximum atomic E-state index is 13.2. The van der Waals surface area contributed by atoms with Gasteiger partial charge in [0.15, 0.2) is 0 Å². The lowest BCUT2D eigenvalue weighted by Gasteiger charge is -2.33. The molecule has 0 bridgehead atoms. The summed E-state index contributed by atoms with van der Waals surface area (Å²) in [4.78, 5) is 26.2. The van der Waals surface area contributed by atoms with Crippen LogP contribution in [0.2, 0.25) is 0 Å². The second-order valence-corrected chi connectivity index (χ2v) is 8.84. The molecule has 0 unspecified atom stereocenters. The molecule has 0 aromatic heterocycles. The van der Waals surface area contributed by atoms with Crippen LogP contribution in [0.5, 0.6) is 5.75 Å². The van der Waals surface area contributed by atoms with Gasteiger partial charge in [0.2, 0.25) is 10.0 Å². The molecular formula is C18H24N2O6S. The van der Waals surface area contributed by atoms with Crippen molar-refractivity contribution in [3.63, 3.8) is 0 Å². The number of methoxy groups -OCH3 is 1. The van der Waals surface area contributed by atoms with Crippen molar-refractivity contribution < 1.29 is 27.9 Å². The third-order valence-corrected chi connectivity index (χ3v) is 7.01. The Kier molecular flexibility index (Phi) is 5.43. The van der Waals surface area contributed by atoms with E-state index in [0.717, 1.165) is 25.7 Å². The van der Waals surface area contributed by atoms with Crippen LogP contribution in [0.1, 0.15) is 42.5 Å². The van der Waals surface area contributed by atoms with Crippen LogP contribution in [-0.4, -0.2) is 56.5 Å². The van der Waals surface area contributed by atoms with Gasteiger partial charge in [-0.05, 0) is 50.4 Å². The SMILES string of the molecule is CNS(=O)(=O)c1cc(C(=O)N2[C@H](C(=O)O)C[C@@H]3CCCC[C@@H]32)ccc1OC. The van der Waals surface area contributed by atoms with E-state index in [1.54, 1.807) is 0 Å². The lowest BCUT2D eigenvalue weighted by molar-refractivity contribution is -0.141. The van der Waals surface area contributed by atoms with Crippen LogP contribution < -0.4 is 9.46 Å². The second-order valence-electron chi connectivity index (χ2n) is 6.99. The van der Waals surface area contributed by atoms with E-state index in [2.05, 4.69) is 4.72 Å². The van der Waals surface area contributed by atoms with E-state index in [0.29, 0.717) is 6.42 Å². The Hall–Kier alpha value is -2.13. The third-order valence-electron chi connectivity index (χ3n) is 5.58. The van der Waals surface area contributed by atoms with E-state index in [-0.39, 0.29) is 28.2 Å². The molecular weight excluding hydrogens is 372 g/mol. The van der Waals surface area contributed by atoms with Crippen molar-refractivity contribution >= 4 is 21.9 Å². The lowest BCUT2D eigenvalue weighted by atomic mass is 9.84. The zero-order chi connectivity index (χ0) is 19.8. The van der Waals surface area contributed by atoms with Gasteiger partial charge in [-0.15, -0.1) is 0 Å².